The number of alkyl halides is 6. The monoisotopic (exact) mass is 471 g/mol. The molecule has 1 atom stereocenters. The van der Waals surface area contributed by atoms with Gasteiger partial charge in [0.05, 0.1) is 30.5 Å². The number of hydrogen-bond donors (Lipinski definition) is 1. The summed E-state index contributed by atoms with van der Waals surface area (Å²) in [4.78, 5) is 20.2. The number of benzene rings is 1. The third kappa shape index (κ3) is 4.00. The Kier molecular flexibility index (Phi) is 5.33. The number of nitrogens with one attached hydrogen (secondary N) is 1. The summed E-state index contributed by atoms with van der Waals surface area (Å²) < 4.78 is 87.2. The van der Waals surface area contributed by atoms with E-state index in [0.717, 1.165) is 12.1 Å². The van der Waals surface area contributed by atoms with Crippen molar-refractivity contribution in [1.82, 2.24) is 10.3 Å². The molecule has 0 aliphatic carbocycles. The maximum Gasteiger partial charge on any atom is 0.435 e. The van der Waals surface area contributed by atoms with Crippen LogP contribution in [0.3, 0.4) is 0 Å². The van der Waals surface area contributed by atoms with Gasteiger partial charge in [0.2, 0.25) is 5.91 Å². The number of oxime groups is 1. The normalized spacial score (nSPS) is 18.8. The highest BCUT2D eigenvalue weighted by Crippen LogP contribution is 2.50. The van der Waals surface area contributed by atoms with Gasteiger partial charge in [0, 0.05) is 29.6 Å². The SMILES string of the molecule is CC(=O)NCc1ncc(C2=NOC(c3cccc(C(F)(F)F)c3)(C(F)(F)F)C2)c2ccoc12. The predicted molar refractivity (Wildman–Crippen MR) is 103 cm³/mol. The molecule has 0 saturated carbocycles. The summed E-state index contributed by atoms with van der Waals surface area (Å²) in [6.07, 6.45) is -8.22. The lowest BCUT2D eigenvalue weighted by molar-refractivity contribution is -0.276. The van der Waals surface area contributed by atoms with Gasteiger partial charge in [-0.2, -0.15) is 26.3 Å². The van der Waals surface area contributed by atoms with Crippen molar-refractivity contribution in [3.8, 4) is 0 Å². The van der Waals surface area contributed by atoms with Gasteiger partial charge >= 0.3 is 12.4 Å². The highest BCUT2D eigenvalue weighted by atomic mass is 19.4. The lowest BCUT2D eigenvalue weighted by Gasteiger charge is -2.30. The van der Waals surface area contributed by atoms with Crippen molar-refractivity contribution in [3.63, 3.8) is 0 Å². The molecule has 0 spiro atoms. The van der Waals surface area contributed by atoms with Gasteiger partial charge in [0.1, 0.15) is 5.69 Å². The Morgan fingerprint density at radius 2 is 1.94 bits per heavy atom. The molecule has 12 heteroatoms. The van der Waals surface area contributed by atoms with E-state index in [-0.39, 0.29) is 29.3 Å². The summed E-state index contributed by atoms with van der Waals surface area (Å²) in [6.45, 7) is 1.34. The zero-order valence-corrected chi connectivity index (χ0v) is 16.8. The van der Waals surface area contributed by atoms with Crippen LogP contribution in [0.1, 0.15) is 35.7 Å². The van der Waals surface area contributed by atoms with Crippen LogP contribution in [-0.4, -0.2) is 22.8 Å². The van der Waals surface area contributed by atoms with Gasteiger partial charge in [-0.05, 0) is 18.2 Å². The number of nitrogens with zero attached hydrogens (tertiary/aromatic N) is 2. The molecule has 0 bridgehead atoms. The van der Waals surface area contributed by atoms with E-state index < -0.39 is 35.5 Å². The quantitative estimate of drug-likeness (QED) is 0.540. The predicted octanol–water partition coefficient (Wildman–Crippen LogP) is 5.06. The zero-order chi connectivity index (χ0) is 24.0. The minimum absolute atomic E-state index is 0.0271. The van der Waals surface area contributed by atoms with E-state index in [0.29, 0.717) is 23.2 Å². The van der Waals surface area contributed by atoms with E-state index >= 15 is 0 Å². The van der Waals surface area contributed by atoms with Crippen LogP contribution in [0, 0.1) is 0 Å². The van der Waals surface area contributed by atoms with Crippen molar-refractivity contribution >= 4 is 22.6 Å². The molecule has 2 aromatic heterocycles. The Morgan fingerprint density at radius 3 is 2.61 bits per heavy atom. The Hall–Kier alpha value is -3.57. The van der Waals surface area contributed by atoms with Gasteiger partial charge in [-0.3, -0.25) is 9.78 Å². The molecular formula is C21H15F6N3O3. The van der Waals surface area contributed by atoms with Gasteiger partial charge in [-0.1, -0.05) is 17.3 Å². The first kappa shape index (κ1) is 22.6. The smallest absolute Gasteiger partial charge is 0.435 e. The Balaban J connectivity index is 1.74. The molecule has 0 radical (unpaired) electrons. The van der Waals surface area contributed by atoms with Crippen LogP contribution in [-0.2, 0) is 28.0 Å². The highest BCUT2D eigenvalue weighted by molar-refractivity contribution is 6.10. The number of carbonyl (C=O) groups excluding carboxylic acids is 1. The molecule has 0 saturated heterocycles. The molecule has 1 aromatic carbocycles. The minimum atomic E-state index is -5.07. The van der Waals surface area contributed by atoms with Crippen molar-refractivity contribution in [1.29, 1.82) is 0 Å². The third-order valence-electron chi connectivity index (χ3n) is 5.22. The van der Waals surface area contributed by atoms with Crippen LogP contribution in [0.25, 0.3) is 11.0 Å². The average molecular weight is 471 g/mol. The minimum Gasteiger partial charge on any atom is -0.462 e. The van der Waals surface area contributed by atoms with Gasteiger partial charge < -0.3 is 14.6 Å². The molecule has 1 N–H and O–H groups in total. The van der Waals surface area contributed by atoms with Crippen LogP contribution < -0.4 is 5.32 Å². The fourth-order valence-corrected chi connectivity index (χ4v) is 3.57. The molecule has 3 heterocycles. The van der Waals surface area contributed by atoms with Gasteiger partial charge in [0.25, 0.3) is 5.60 Å². The molecular weight excluding hydrogens is 456 g/mol. The van der Waals surface area contributed by atoms with E-state index in [1.54, 1.807) is 0 Å². The first-order valence-electron chi connectivity index (χ1n) is 9.52. The van der Waals surface area contributed by atoms with Crippen LogP contribution in [0.5, 0.6) is 0 Å². The standard InChI is InChI=1S/C21H15F6N3O3/c1-11(31)28-10-17-18-14(5-6-32-18)15(9-29-17)16-8-19(33-30-16,21(25,26)27)12-3-2-4-13(7-12)20(22,23)24/h2-7,9H,8,10H2,1H3,(H,28,31). The molecule has 3 aromatic rings. The summed E-state index contributed by atoms with van der Waals surface area (Å²) in [6, 6.07) is 4.39. The lowest BCUT2D eigenvalue weighted by Crippen LogP contribution is -2.42. The zero-order valence-electron chi connectivity index (χ0n) is 16.8. The van der Waals surface area contributed by atoms with Gasteiger partial charge in [-0.25, -0.2) is 0 Å². The maximum atomic E-state index is 14.2. The van der Waals surface area contributed by atoms with Crippen molar-refractivity contribution in [2.45, 2.75) is 37.8 Å². The highest BCUT2D eigenvalue weighted by Gasteiger charge is 2.62. The first-order chi connectivity index (χ1) is 15.4. The Bertz CT molecular complexity index is 1250. The van der Waals surface area contributed by atoms with Gasteiger partial charge in [0.15, 0.2) is 5.58 Å². The largest absolute Gasteiger partial charge is 0.462 e. The number of furan rings is 1. The number of halogens is 6. The number of aromatic nitrogens is 1. The number of rotatable bonds is 4. The summed E-state index contributed by atoms with van der Waals surface area (Å²) in [5.74, 6) is -0.315. The number of hydrogen-bond acceptors (Lipinski definition) is 5. The summed E-state index contributed by atoms with van der Waals surface area (Å²) >= 11 is 0. The van der Waals surface area contributed by atoms with Crippen molar-refractivity contribution < 1.29 is 40.4 Å². The fourth-order valence-electron chi connectivity index (χ4n) is 3.57. The molecule has 33 heavy (non-hydrogen) atoms. The second-order valence-electron chi connectivity index (χ2n) is 7.40. The van der Waals surface area contributed by atoms with Gasteiger partial charge in [-0.15, -0.1) is 0 Å². The Morgan fingerprint density at radius 1 is 1.18 bits per heavy atom. The van der Waals surface area contributed by atoms with E-state index in [1.807, 2.05) is 0 Å². The van der Waals surface area contributed by atoms with Crippen LogP contribution in [0.4, 0.5) is 26.3 Å². The molecule has 1 unspecified atom stereocenters. The van der Waals surface area contributed by atoms with Crippen molar-refractivity contribution in [3.05, 3.63) is 65.2 Å². The van der Waals surface area contributed by atoms with E-state index in [9.17, 15) is 31.1 Å². The number of carbonyl (C=O) groups is 1. The first-order valence-corrected chi connectivity index (χ1v) is 9.52. The van der Waals surface area contributed by atoms with E-state index in [4.69, 9.17) is 9.25 Å². The summed E-state index contributed by atoms with van der Waals surface area (Å²) in [5, 5.41) is 6.51. The lowest BCUT2D eigenvalue weighted by atomic mass is 9.85. The molecule has 1 aliphatic rings. The second-order valence-corrected chi connectivity index (χ2v) is 7.40. The molecule has 174 valence electrons. The number of amides is 1. The number of pyridine rings is 1. The van der Waals surface area contributed by atoms with Crippen molar-refractivity contribution in [2.75, 3.05) is 0 Å². The average Bonchev–Trinajstić information content (AvgIpc) is 3.39. The topological polar surface area (TPSA) is 76.7 Å². The van der Waals surface area contributed by atoms with Crippen LogP contribution >= 0.6 is 0 Å². The Labute approximate surface area is 182 Å². The third-order valence-corrected chi connectivity index (χ3v) is 5.22. The molecule has 0 fully saturated rings. The maximum absolute atomic E-state index is 14.2. The molecule has 6 nitrogen and oxygen atoms in total. The van der Waals surface area contributed by atoms with E-state index in [1.165, 1.54) is 25.5 Å². The molecule has 1 amide bonds. The van der Waals surface area contributed by atoms with E-state index in [2.05, 4.69) is 15.5 Å². The fraction of sp³-hybridized carbons (Fsp3) is 0.286. The number of fused-ring (bicyclic) bond motifs is 1. The summed E-state index contributed by atoms with van der Waals surface area (Å²) in [5.41, 5.74) is -4.47. The van der Waals surface area contributed by atoms with Crippen LogP contribution in [0.2, 0.25) is 0 Å². The molecule has 4 rings (SSSR count). The molecule has 1 aliphatic heterocycles. The summed E-state index contributed by atoms with van der Waals surface area (Å²) in [7, 11) is 0. The van der Waals surface area contributed by atoms with Crippen molar-refractivity contribution in [2.24, 2.45) is 5.16 Å². The second kappa shape index (κ2) is 7.78. The van der Waals surface area contributed by atoms with Crippen LogP contribution in [0.15, 0.2) is 52.4 Å².